The Hall–Kier alpha value is -2.36. The van der Waals surface area contributed by atoms with Crippen molar-refractivity contribution in [1.29, 1.82) is 0 Å². The number of hydrogen-bond donors (Lipinski definition) is 2. The molecule has 28 heavy (non-hydrogen) atoms. The van der Waals surface area contributed by atoms with Crippen molar-refractivity contribution in [1.82, 2.24) is 5.32 Å². The normalized spacial score (nSPS) is 21.2. The Morgan fingerprint density at radius 1 is 1.32 bits per heavy atom. The van der Waals surface area contributed by atoms with Gasteiger partial charge in [-0.25, -0.2) is 0 Å². The second-order valence-electron chi connectivity index (χ2n) is 6.54. The van der Waals surface area contributed by atoms with Crippen LogP contribution in [0.1, 0.15) is 6.92 Å². The summed E-state index contributed by atoms with van der Waals surface area (Å²) in [6.45, 7) is 7.30. The summed E-state index contributed by atoms with van der Waals surface area (Å²) < 4.78 is 10.8. The first kappa shape index (κ1) is 20.4. The van der Waals surface area contributed by atoms with Crippen LogP contribution in [0.25, 0.3) is 0 Å². The lowest BCUT2D eigenvalue weighted by Gasteiger charge is -2.31. The molecule has 2 saturated heterocycles. The van der Waals surface area contributed by atoms with Gasteiger partial charge in [-0.15, -0.1) is 0 Å². The molecule has 2 aliphatic heterocycles. The number of benzene rings is 1. The summed E-state index contributed by atoms with van der Waals surface area (Å²) in [5.74, 6) is -1.13. The van der Waals surface area contributed by atoms with E-state index < -0.39 is 17.7 Å². The van der Waals surface area contributed by atoms with Crippen LogP contribution >= 0.6 is 12.2 Å². The lowest BCUT2D eigenvalue weighted by atomic mass is 10.1. The van der Waals surface area contributed by atoms with Gasteiger partial charge in [0.15, 0.2) is 11.0 Å². The largest absolute Gasteiger partial charge is 0.494 e. The summed E-state index contributed by atoms with van der Waals surface area (Å²) in [7, 11) is 0. The van der Waals surface area contributed by atoms with E-state index in [-0.39, 0.29) is 5.11 Å². The predicted octanol–water partition coefficient (Wildman–Crippen LogP) is -0.565. The van der Waals surface area contributed by atoms with Crippen LogP contribution in [0.2, 0.25) is 0 Å². The van der Waals surface area contributed by atoms with Crippen LogP contribution < -0.4 is 19.9 Å². The molecule has 150 valence electrons. The van der Waals surface area contributed by atoms with Crippen LogP contribution in [0.5, 0.6) is 5.75 Å². The summed E-state index contributed by atoms with van der Waals surface area (Å²) in [6.07, 6.45) is 1.43. The van der Waals surface area contributed by atoms with Gasteiger partial charge < -0.3 is 19.7 Å². The fourth-order valence-electron chi connectivity index (χ4n) is 3.14. The number of hydrogen-bond acceptors (Lipinski definition) is 6. The Labute approximate surface area is 169 Å². The van der Waals surface area contributed by atoms with E-state index in [9.17, 15) is 9.59 Å². The molecular weight excluding hydrogens is 380 g/mol. The average Bonchev–Trinajstić information content (AvgIpc) is 2.69. The van der Waals surface area contributed by atoms with Gasteiger partial charge in [0.1, 0.15) is 18.8 Å². The smallest absolute Gasteiger partial charge is 0.251 e. The van der Waals surface area contributed by atoms with Crippen molar-refractivity contribution in [2.75, 3.05) is 50.9 Å². The number of rotatable bonds is 7. The second kappa shape index (κ2) is 9.72. The number of aliphatic imine (C=N–C) groups is 1. The molecule has 9 heteroatoms. The molecule has 1 atom stereocenters. The quantitative estimate of drug-likeness (QED) is 0.361. The first-order valence-corrected chi connectivity index (χ1v) is 9.84. The van der Waals surface area contributed by atoms with E-state index in [0.29, 0.717) is 24.6 Å². The van der Waals surface area contributed by atoms with Crippen molar-refractivity contribution in [3.05, 3.63) is 24.3 Å². The molecule has 2 fully saturated rings. The van der Waals surface area contributed by atoms with Gasteiger partial charge in [-0.3, -0.25) is 19.5 Å². The summed E-state index contributed by atoms with van der Waals surface area (Å²) in [6, 6.07) is 7.00. The van der Waals surface area contributed by atoms with Crippen molar-refractivity contribution in [2.45, 2.75) is 6.92 Å². The number of thiocarbonyl (C=S) groups is 1. The number of amides is 2. The van der Waals surface area contributed by atoms with Gasteiger partial charge in [-0.05, 0) is 43.4 Å². The molecule has 2 amide bonds. The lowest BCUT2D eigenvalue weighted by molar-refractivity contribution is -0.906. The number of carbonyl (C=O) groups excluding carboxylic acids is 2. The maximum absolute atomic E-state index is 12.9. The zero-order valence-corrected chi connectivity index (χ0v) is 16.7. The van der Waals surface area contributed by atoms with Crippen LogP contribution in [0, 0.1) is 5.92 Å². The van der Waals surface area contributed by atoms with Crippen molar-refractivity contribution in [3.63, 3.8) is 0 Å². The summed E-state index contributed by atoms with van der Waals surface area (Å²) in [4.78, 5) is 32.2. The Morgan fingerprint density at radius 2 is 2.04 bits per heavy atom. The van der Waals surface area contributed by atoms with Gasteiger partial charge in [-0.1, -0.05) is 0 Å². The van der Waals surface area contributed by atoms with Crippen LogP contribution in [-0.2, 0) is 14.3 Å². The molecular formula is C19H25N4O4S+. The summed E-state index contributed by atoms with van der Waals surface area (Å²) >= 11 is 5.20. The lowest BCUT2D eigenvalue weighted by Crippen LogP contribution is -3.14. The molecule has 2 N–H and O–H groups in total. The SMILES string of the molecule is CCOc1ccc(N2C(=O)[C@@H](C=NCC[NH+]3CCOCC3)C(=O)NC2=S)cc1. The zero-order valence-electron chi connectivity index (χ0n) is 15.8. The molecule has 0 aromatic heterocycles. The molecule has 0 aliphatic carbocycles. The number of morpholine rings is 1. The molecule has 1 aromatic rings. The first-order chi connectivity index (χ1) is 13.6. The van der Waals surface area contributed by atoms with E-state index in [1.54, 1.807) is 24.3 Å². The monoisotopic (exact) mass is 405 g/mol. The highest BCUT2D eigenvalue weighted by Gasteiger charge is 2.38. The fourth-order valence-corrected chi connectivity index (χ4v) is 3.43. The summed E-state index contributed by atoms with van der Waals surface area (Å²) in [5.41, 5.74) is 0.578. The third-order valence-electron chi connectivity index (χ3n) is 4.66. The van der Waals surface area contributed by atoms with E-state index in [2.05, 4.69) is 10.3 Å². The standard InChI is InChI=1S/C19H24N4O4S/c1-2-27-15-5-3-14(4-6-15)23-18(25)16(17(24)21-19(23)28)13-20-7-8-22-9-11-26-12-10-22/h3-6,13,16H,2,7-12H2,1H3,(H,21,24,28)/p+1/t16-/m0/s1. The van der Waals surface area contributed by atoms with E-state index in [4.69, 9.17) is 21.7 Å². The molecule has 2 heterocycles. The van der Waals surface area contributed by atoms with Crippen molar-refractivity contribution in [3.8, 4) is 5.75 Å². The van der Waals surface area contributed by atoms with Gasteiger partial charge in [0.2, 0.25) is 5.91 Å². The molecule has 0 saturated carbocycles. The maximum atomic E-state index is 12.9. The van der Waals surface area contributed by atoms with E-state index in [0.717, 1.165) is 32.8 Å². The van der Waals surface area contributed by atoms with Gasteiger partial charge in [-0.2, -0.15) is 0 Å². The number of nitrogens with one attached hydrogen (secondary N) is 2. The minimum atomic E-state index is -0.988. The minimum absolute atomic E-state index is 0.0709. The predicted molar refractivity (Wildman–Crippen MR) is 109 cm³/mol. The number of quaternary nitrogens is 1. The van der Waals surface area contributed by atoms with Gasteiger partial charge in [0.05, 0.1) is 38.6 Å². The molecule has 2 aliphatic rings. The molecule has 0 spiro atoms. The Balaban J connectivity index is 1.64. The van der Waals surface area contributed by atoms with Crippen molar-refractivity contribution < 1.29 is 24.0 Å². The second-order valence-corrected chi connectivity index (χ2v) is 6.93. The maximum Gasteiger partial charge on any atom is 0.251 e. The van der Waals surface area contributed by atoms with Gasteiger partial charge in [0, 0.05) is 6.21 Å². The Bertz CT molecular complexity index is 747. The highest BCUT2D eigenvalue weighted by atomic mass is 32.1. The van der Waals surface area contributed by atoms with E-state index in [1.165, 1.54) is 16.0 Å². The average molecular weight is 406 g/mol. The Morgan fingerprint density at radius 3 is 2.71 bits per heavy atom. The third kappa shape index (κ3) is 4.92. The fraction of sp³-hybridized carbons (Fsp3) is 0.474. The van der Waals surface area contributed by atoms with Crippen LogP contribution in [-0.4, -0.2) is 69.1 Å². The topological polar surface area (TPSA) is 84.7 Å². The molecule has 0 radical (unpaired) electrons. The molecule has 3 rings (SSSR count). The number of carbonyl (C=O) groups is 2. The molecule has 8 nitrogen and oxygen atoms in total. The summed E-state index contributed by atoms with van der Waals surface area (Å²) in [5, 5.41) is 2.66. The van der Waals surface area contributed by atoms with E-state index in [1.807, 2.05) is 6.92 Å². The highest BCUT2D eigenvalue weighted by molar-refractivity contribution is 7.80. The van der Waals surface area contributed by atoms with E-state index >= 15 is 0 Å². The van der Waals surface area contributed by atoms with Crippen LogP contribution in [0.3, 0.4) is 0 Å². The molecule has 0 unspecified atom stereocenters. The molecule has 0 bridgehead atoms. The number of anilines is 1. The zero-order chi connectivity index (χ0) is 19.9. The number of nitrogens with zero attached hydrogens (tertiary/aromatic N) is 2. The van der Waals surface area contributed by atoms with Gasteiger partial charge >= 0.3 is 0 Å². The van der Waals surface area contributed by atoms with Crippen molar-refractivity contribution in [2.24, 2.45) is 10.9 Å². The van der Waals surface area contributed by atoms with Crippen LogP contribution in [0.4, 0.5) is 5.69 Å². The molecule has 1 aromatic carbocycles. The van der Waals surface area contributed by atoms with Crippen LogP contribution in [0.15, 0.2) is 29.3 Å². The number of ether oxygens (including phenoxy) is 2. The first-order valence-electron chi connectivity index (χ1n) is 9.43. The van der Waals surface area contributed by atoms with Crippen molar-refractivity contribution >= 4 is 41.0 Å². The Kier molecular flexibility index (Phi) is 7.07. The third-order valence-corrected chi connectivity index (χ3v) is 4.94. The minimum Gasteiger partial charge on any atom is -0.494 e. The highest BCUT2D eigenvalue weighted by Crippen LogP contribution is 2.23. The van der Waals surface area contributed by atoms with Gasteiger partial charge in [0.25, 0.3) is 5.91 Å².